The number of benzene rings is 2. The van der Waals surface area contributed by atoms with Crippen LogP contribution in [-0.2, 0) is 4.79 Å². The number of unbranched alkanes of at least 4 members (excludes halogenated alkanes) is 1. The van der Waals surface area contributed by atoms with E-state index in [0.29, 0.717) is 23.7 Å². The predicted molar refractivity (Wildman–Crippen MR) is 114 cm³/mol. The molecule has 0 saturated heterocycles. The van der Waals surface area contributed by atoms with Crippen LogP contribution < -0.4 is 25.0 Å². The monoisotopic (exact) mass is 413 g/mol. The zero-order chi connectivity index (χ0) is 21.8. The molecule has 0 aliphatic rings. The maximum absolute atomic E-state index is 12.2. The topological polar surface area (TPSA) is 98.2 Å². The quantitative estimate of drug-likeness (QED) is 0.335. The minimum absolute atomic E-state index is 0.214. The molecule has 2 aromatic rings. The summed E-state index contributed by atoms with van der Waals surface area (Å²) in [6, 6.07) is 12.1. The fourth-order valence-electron chi connectivity index (χ4n) is 2.44. The van der Waals surface area contributed by atoms with Gasteiger partial charge in [0.1, 0.15) is 5.75 Å². The minimum atomic E-state index is -0.445. The second-order valence-electron chi connectivity index (χ2n) is 6.32. The van der Waals surface area contributed by atoms with Gasteiger partial charge in [-0.1, -0.05) is 13.3 Å². The van der Waals surface area contributed by atoms with Crippen molar-refractivity contribution < 1.29 is 23.8 Å². The van der Waals surface area contributed by atoms with E-state index in [2.05, 4.69) is 22.8 Å². The second kappa shape index (κ2) is 12.1. The molecule has 0 unspecified atom stereocenters. The van der Waals surface area contributed by atoms with Crippen LogP contribution in [-0.4, -0.2) is 45.4 Å². The van der Waals surface area contributed by atoms with Gasteiger partial charge in [0.05, 0.1) is 33.6 Å². The van der Waals surface area contributed by atoms with E-state index >= 15 is 0 Å². The van der Waals surface area contributed by atoms with Gasteiger partial charge >= 0.3 is 0 Å². The molecule has 0 spiro atoms. The number of hydrogen-bond acceptors (Lipinski definition) is 6. The van der Waals surface area contributed by atoms with Gasteiger partial charge in [0.2, 0.25) is 0 Å². The lowest BCUT2D eigenvalue weighted by atomic mass is 10.2. The van der Waals surface area contributed by atoms with Gasteiger partial charge in [0.25, 0.3) is 11.8 Å². The molecule has 0 radical (unpaired) electrons. The highest BCUT2D eigenvalue weighted by atomic mass is 16.5. The highest BCUT2D eigenvalue weighted by Crippen LogP contribution is 2.27. The molecule has 2 aromatic carbocycles. The van der Waals surface area contributed by atoms with E-state index < -0.39 is 11.8 Å². The smallest absolute Gasteiger partial charge is 0.259 e. The first-order chi connectivity index (χ1) is 14.6. The lowest BCUT2D eigenvalue weighted by Crippen LogP contribution is -2.34. The molecule has 0 fully saturated rings. The molecule has 2 N–H and O–H groups in total. The van der Waals surface area contributed by atoms with Crippen molar-refractivity contribution in [3.05, 3.63) is 53.6 Å². The van der Waals surface area contributed by atoms with E-state index in [9.17, 15) is 9.59 Å². The molecule has 0 heterocycles. The van der Waals surface area contributed by atoms with Crippen LogP contribution in [0.2, 0.25) is 0 Å². The van der Waals surface area contributed by atoms with Crippen molar-refractivity contribution in [3.63, 3.8) is 0 Å². The molecular weight excluding hydrogens is 386 g/mol. The molecule has 2 amide bonds. The van der Waals surface area contributed by atoms with Gasteiger partial charge < -0.3 is 19.5 Å². The summed E-state index contributed by atoms with van der Waals surface area (Å²) in [7, 11) is 3.00. The number of methoxy groups -OCH3 is 2. The Balaban J connectivity index is 1.78. The van der Waals surface area contributed by atoms with Gasteiger partial charge in [-0.25, -0.2) is 5.43 Å². The molecule has 0 aromatic heterocycles. The summed E-state index contributed by atoms with van der Waals surface area (Å²) in [4.78, 5) is 24.1. The molecule has 0 atom stereocenters. The van der Waals surface area contributed by atoms with Gasteiger partial charge in [-0.05, 0) is 54.4 Å². The van der Waals surface area contributed by atoms with E-state index in [4.69, 9.17) is 14.2 Å². The summed E-state index contributed by atoms with van der Waals surface area (Å²) in [6.45, 7) is 2.59. The number of hydrazone groups is 1. The van der Waals surface area contributed by atoms with Crippen LogP contribution in [0.15, 0.2) is 47.6 Å². The summed E-state index contributed by atoms with van der Waals surface area (Å²) in [5.74, 6) is 0.888. The van der Waals surface area contributed by atoms with Gasteiger partial charge in [-0.2, -0.15) is 5.10 Å². The fraction of sp³-hybridized carbons (Fsp3) is 0.318. The zero-order valence-corrected chi connectivity index (χ0v) is 17.4. The van der Waals surface area contributed by atoms with E-state index in [0.717, 1.165) is 24.2 Å². The van der Waals surface area contributed by atoms with Crippen molar-refractivity contribution in [2.75, 3.05) is 27.4 Å². The van der Waals surface area contributed by atoms with Crippen molar-refractivity contribution in [1.82, 2.24) is 10.7 Å². The molecule has 2 rings (SSSR count). The summed E-state index contributed by atoms with van der Waals surface area (Å²) >= 11 is 0. The van der Waals surface area contributed by atoms with E-state index in [1.54, 1.807) is 18.2 Å². The molecule has 30 heavy (non-hydrogen) atoms. The number of rotatable bonds is 11. The number of nitrogens with one attached hydrogen (secondary N) is 2. The Morgan fingerprint density at radius 1 is 1.03 bits per heavy atom. The van der Waals surface area contributed by atoms with Crippen LogP contribution in [0, 0.1) is 0 Å². The maximum atomic E-state index is 12.2. The van der Waals surface area contributed by atoms with Crippen LogP contribution in [0.1, 0.15) is 35.7 Å². The normalized spacial score (nSPS) is 10.5. The first-order valence-corrected chi connectivity index (χ1v) is 9.62. The molecule has 0 aliphatic carbocycles. The predicted octanol–water partition coefficient (Wildman–Crippen LogP) is 2.76. The first kappa shape index (κ1) is 22.7. The lowest BCUT2D eigenvalue weighted by molar-refractivity contribution is -0.120. The van der Waals surface area contributed by atoms with Gasteiger partial charge in [-0.3, -0.25) is 9.59 Å². The summed E-state index contributed by atoms with van der Waals surface area (Å²) in [6.07, 6.45) is 3.61. The Hall–Kier alpha value is -3.55. The highest BCUT2D eigenvalue weighted by molar-refractivity contribution is 5.97. The Labute approximate surface area is 176 Å². The second-order valence-corrected chi connectivity index (χ2v) is 6.32. The number of nitrogens with zero attached hydrogens (tertiary/aromatic N) is 1. The van der Waals surface area contributed by atoms with Crippen molar-refractivity contribution in [3.8, 4) is 17.2 Å². The van der Waals surface area contributed by atoms with Crippen LogP contribution >= 0.6 is 0 Å². The van der Waals surface area contributed by atoms with Crippen LogP contribution in [0.25, 0.3) is 0 Å². The first-order valence-electron chi connectivity index (χ1n) is 9.62. The van der Waals surface area contributed by atoms with Gasteiger partial charge in [0.15, 0.2) is 11.5 Å². The summed E-state index contributed by atoms with van der Waals surface area (Å²) in [5, 5.41) is 6.42. The number of hydrogen-bond donors (Lipinski definition) is 2. The molecule has 0 bridgehead atoms. The number of amides is 2. The number of carbonyl (C=O) groups excluding carboxylic acids is 2. The summed E-state index contributed by atoms with van der Waals surface area (Å²) < 4.78 is 15.9. The summed E-state index contributed by atoms with van der Waals surface area (Å²) in [5.41, 5.74) is 3.54. The molecule has 8 nitrogen and oxygen atoms in total. The Kier molecular flexibility index (Phi) is 9.18. The fourth-order valence-corrected chi connectivity index (χ4v) is 2.44. The third-order valence-electron chi connectivity index (χ3n) is 4.10. The van der Waals surface area contributed by atoms with Gasteiger partial charge in [-0.15, -0.1) is 0 Å². The largest absolute Gasteiger partial charge is 0.494 e. The van der Waals surface area contributed by atoms with E-state index in [1.807, 2.05) is 24.3 Å². The molecule has 0 saturated carbocycles. The average molecular weight is 413 g/mol. The van der Waals surface area contributed by atoms with Crippen molar-refractivity contribution in [2.24, 2.45) is 5.10 Å². The third-order valence-corrected chi connectivity index (χ3v) is 4.10. The molecular formula is C22H27N3O5. The average Bonchev–Trinajstić information content (AvgIpc) is 2.78. The van der Waals surface area contributed by atoms with Crippen molar-refractivity contribution in [2.45, 2.75) is 19.8 Å². The highest BCUT2D eigenvalue weighted by Gasteiger charge is 2.11. The van der Waals surface area contributed by atoms with Crippen molar-refractivity contribution in [1.29, 1.82) is 0 Å². The zero-order valence-electron chi connectivity index (χ0n) is 17.4. The molecule has 160 valence electrons. The van der Waals surface area contributed by atoms with Crippen LogP contribution in [0.5, 0.6) is 17.2 Å². The molecule has 0 aliphatic heterocycles. The minimum Gasteiger partial charge on any atom is -0.494 e. The third kappa shape index (κ3) is 7.12. The van der Waals surface area contributed by atoms with Crippen molar-refractivity contribution >= 4 is 18.0 Å². The van der Waals surface area contributed by atoms with E-state index in [-0.39, 0.29) is 6.54 Å². The SMILES string of the molecule is CCCCOc1ccc(/C=N\NC(=O)CNC(=O)c2ccc(OC)c(OC)c2)cc1. The van der Waals surface area contributed by atoms with E-state index in [1.165, 1.54) is 20.4 Å². The van der Waals surface area contributed by atoms with Crippen LogP contribution in [0.4, 0.5) is 0 Å². The Morgan fingerprint density at radius 2 is 1.77 bits per heavy atom. The molecule has 8 heteroatoms. The Morgan fingerprint density at radius 3 is 2.43 bits per heavy atom. The number of ether oxygens (including phenoxy) is 3. The maximum Gasteiger partial charge on any atom is 0.259 e. The van der Waals surface area contributed by atoms with Gasteiger partial charge in [0, 0.05) is 5.56 Å². The standard InChI is InChI=1S/C22H27N3O5/c1-4-5-12-30-18-9-6-16(7-10-18)14-24-25-21(26)15-23-22(27)17-8-11-19(28-2)20(13-17)29-3/h6-11,13-14H,4-5,12,15H2,1-3H3,(H,23,27)(H,25,26)/b24-14-. The lowest BCUT2D eigenvalue weighted by Gasteiger charge is -2.09. The number of carbonyl (C=O) groups is 2. The van der Waals surface area contributed by atoms with Crippen LogP contribution in [0.3, 0.4) is 0 Å². The Bertz CT molecular complexity index is 866.